The largest absolute Gasteiger partial charge is 0.388 e. The number of aromatic nitrogens is 4. The van der Waals surface area contributed by atoms with Gasteiger partial charge in [0.25, 0.3) is 5.56 Å². The SMILES string of the molecule is CCCCn1c(=O)n(CC(=O)Nc2cccc(SC)c2)c(=O)c2c1nc(CO)n2CCC. The van der Waals surface area contributed by atoms with Gasteiger partial charge in [0, 0.05) is 23.7 Å². The number of nitrogens with one attached hydrogen (secondary N) is 1. The van der Waals surface area contributed by atoms with Crippen molar-refractivity contribution in [1.29, 1.82) is 0 Å². The number of hydrogen-bond donors (Lipinski definition) is 2. The summed E-state index contributed by atoms with van der Waals surface area (Å²) in [4.78, 5) is 44.6. The van der Waals surface area contributed by atoms with Crippen LogP contribution in [0.1, 0.15) is 38.9 Å². The van der Waals surface area contributed by atoms with Gasteiger partial charge in [0.2, 0.25) is 5.91 Å². The van der Waals surface area contributed by atoms with Crippen LogP contribution >= 0.6 is 11.8 Å². The predicted molar refractivity (Wildman–Crippen MR) is 126 cm³/mol. The van der Waals surface area contributed by atoms with Crippen LogP contribution in [0.2, 0.25) is 0 Å². The van der Waals surface area contributed by atoms with E-state index < -0.39 is 23.7 Å². The minimum atomic E-state index is -0.577. The van der Waals surface area contributed by atoms with Crippen molar-refractivity contribution in [3.63, 3.8) is 0 Å². The number of unbranched alkanes of at least 4 members (excludes halogenated alkanes) is 1. The van der Waals surface area contributed by atoms with Gasteiger partial charge in [-0.05, 0) is 37.3 Å². The van der Waals surface area contributed by atoms with E-state index in [1.165, 1.54) is 4.57 Å². The van der Waals surface area contributed by atoms with Crippen LogP contribution in [0.3, 0.4) is 0 Å². The molecule has 10 heteroatoms. The lowest BCUT2D eigenvalue weighted by Crippen LogP contribution is -2.43. The molecule has 0 atom stereocenters. The first kappa shape index (κ1) is 23.8. The Kier molecular flexibility index (Phi) is 7.92. The van der Waals surface area contributed by atoms with Gasteiger partial charge in [-0.25, -0.2) is 14.3 Å². The summed E-state index contributed by atoms with van der Waals surface area (Å²) >= 11 is 1.55. The number of anilines is 1. The van der Waals surface area contributed by atoms with Crippen molar-refractivity contribution in [2.45, 2.75) is 64.2 Å². The molecule has 172 valence electrons. The minimum absolute atomic E-state index is 0.240. The third-order valence-electron chi connectivity index (χ3n) is 5.17. The van der Waals surface area contributed by atoms with Crippen LogP contribution < -0.4 is 16.6 Å². The molecule has 2 aromatic heterocycles. The molecule has 0 fully saturated rings. The Hall–Kier alpha value is -2.85. The minimum Gasteiger partial charge on any atom is -0.388 e. The van der Waals surface area contributed by atoms with Crippen molar-refractivity contribution in [3.8, 4) is 0 Å². The van der Waals surface area contributed by atoms with Crippen molar-refractivity contribution < 1.29 is 9.90 Å². The molecule has 2 heterocycles. The quantitative estimate of drug-likeness (QED) is 0.451. The summed E-state index contributed by atoms with van der Waals surface area (Å²) in [5.41, 5.74) is -0.0547. The second-order valence-electron chi connectivity index (χ2n) is 7.47. The average molecular weight is 460 g/mol. The van der Waals surface area contributed by atoms with Crippen molar-refractivity contribution in [3.05, 3.63) is 50.9 Å². The highest BCUT2D eigenvalue weighted by Gasteiger charge is 2.22. The number of imidazole rings is 1. The molecule has 0 saturated heterocycles. The monoisotopic (exact) mass is 459 g/mol. The van der Waals surface area contributed by atoms with Crippen LogP contribution in [0.5, 0.6) is 0 Å². The predicted octanol–water partition coefficient (Wildman–Crippen LogP) is 2.42. The molecule has 0 saturated carbocycles. The van der Waals surface area contributed by atoms with Gasteiger partial charge >= 0.3 is 5.69 Å². The summed E-state index contributed by atoms with van der Waals surface area (Å²) in [6.45, 7) is 4.05. The molecule has 2 N–H and O–H groups in total. The van der Waals surface area contributed by atoms with E-state index in [0.29, 0.717) is 24.6 Å². The van der Waals surface area contributed by atoms with Crippen LogP contribution in [0.25, 0.3) is 11.2 Å². The first-order valence-corrected chi connectivity index (χ1v) is 11.9. The first-order valence-electron chi connectivity index (χ1n) is 10.7. The highest BCUT2D eigenvalue weighted by atomic mass is 32.2. The zero-order valence-electron chi connectivity index (χ0n) is 18.6. The smallest absolute Gasteiger partial charge is 0.333 e. The summed E-state index contributed by atoms with van der Waals surface area (Å²) in [7, 11) is 0. The van der Waals surface area contributed by atoms with Crippen molar-refractivity contribution in [1.82, 2.24) is 18.7 Å². The fourth-order valence-electron chi connectivity index (χ4n) is 3.62. The van der Waals surface area contributed by atoms with Gasteiger partial charge in [-0.1, -0.05) is 26.3 Å². The van der Waals surface area contributed by atoms with E-state index in [1.54, 1.807) is 22.4 Å². The number of rotatable bonds is 10. The maximum absolute atomic E-state index is 13.3. The van der Waals surface area contributed by atoms with E-state index in [-0.39, 0.29) is 17.8 Å². The Bertz CT molecular complexity index is 1230. The highest BCUT2D eigenvalue weighted by Crippen LogP contribution is 2.19. The zero-order valence-corrected chi connectivity index (χ0v) is 19.4. The average Bonchev–Trinajstić information content (AvgIpc) is 3.15. The van der Waals surface area contributed by atoms with Crippen LogP contribution in [0.15, 0.2) is 38.8 Å². The Balaban J connectivity index is 2.08. The third-order valence-corrected chi connectivity index (χ3v) is 5.90. The van der Waals surface area contributed by atoms with Crippen LogP contribution in [0.4, 0.5) is 5.69 Å². The molecule has 32 heavy (non-hydrogen) atoms. The Labute approximate surface area is 190 Å². The summed E-state index contributed by atoms with van der Waals surface area (Å²) < 4.78 is 4.05. The number of carbonyl (C=O) groups is 1. The molecular formula is C22H29N5O4S. The number of fused-ring (bicyclic) bond motifs is 1. The molecule has 3 aromatic rings. The van der Waals surface area contributed by atoms with E-state index in [2.05, 4.69) is 10.3 Å². The van der Waals surface area contributed by atoms with Gasteiger partial charge in [-0.3, -0.25) is 14.2 Å². The number of benzene rings is 1. The Morgan fingerprint density at radius 1 is 1.12 bits per heavy atom. The highest BCUT2D eigenvalue weighted by molar-refractivity contribution is 7.98. The molecule has 0 aliphatic heterocycles. The van der Waals surface area contributed by atoms with E-state index in [1.807, 2.05) is 38.3 Å². The maximum atomic E-state index is 13.3. The normalized spacial score (nSPS) is 11.2. The topological polar surface area (TPSA) is 111 Å². The molecule has 0 spiro atoms. The molecule has 0 radical (unpaired) electrons. The number of thioether (sulfide) groups is 1. The molecule has 9 nitrogen and oxygen atoms in total. The van der Waals surface area contributed by atoms with Crippen molar-refractivity contribution in [2.24, 2.45) is 0 Å². The number of aliphatic hydroxyl groups excluding tert-OH is 1. The molecule has 1 amide bonds. The van der Waals surface area contributed by atoms with E-state index in [9.17, 15) is 19.5 Å². The number of nitrogens with zero attached hydrogens (tertiary/aromatic N) is 4. The summed E-state index contributed by atoms with van der Waals surface area (Å²) in [6, 6.07) is 7.35. The summed E-state index contributed by atoms with van der Waals surface area (Å²) in [6.07, 6.45) is 4.23. The summed E-state index contributed by atoms with van der Waals surface area (Å²) in [5, 5.41) is 12.5. The van der Waals surface area contributed by atoms with Gasteiger partial charge in [0.1, 0.15) is 19.0 Å². The van der Waals surface area contributed by atoms with Crippen molar-refractivity contribution in [2.75, 3.05) is 11.6 Å². The standard InChI is InChI=1S/C22H29N5O4S/c1-4-6-11-26-20-19(25(10-5-2)17(14-28)24-20)21(30)27(22(26)31)13-18(29)23-15-8-7-9-16(12-15)32-3/h7-9,12,28H,4-6,10-11,13-14H2,1-3H3,(H,23,29). The molecular weight excluding hydrogens is 430 g/mol. The number of hydrogen-bond acceptors (Lipinski definition) is 6. The fourth-order valence-corrected chi connectivity index (χ4v) is 4.08. The lowest BCUT2D eigenvalue weighted by atomic mass is 10.3. The number of aliphatic hydroxyl groups is 1. The van der Waals surface area contributed by atoms with Gasteiger partial charge in [-0.2, -0.15) is 0 Å². The van der Waals surface area contributed by atoms with Crippen molar-refractivity contribution >= 4 is 34.5 Å². The zero-order chi connectivity index (χ0) is 23.3. The van der Waals surface area contributed by atoms with Crippen LogP contribution in [-0.4, -0.2) is 36.0 Å². The number of amides is 1. The number of carbonyl (C=O) groups excluding carboxylic acids is 1. The van der Waals surface area contributed by atoms with Crippen LogP contribution in [0, 0.1) is 0 Å². The van der Waals surface area contributed by atoms with Gasteiger partial charge in [-0.15, -0.1) is 11.8 Å². The van der Waals surface area contributed by atoms with E-state index >= 15 is 0 Å². The maximum Gasteiger partial charge on any atom is 0.333 e. The molecule has 0 aliphatic rings. The first-order chi connectivity index (χ1) is 15.4. The van der Waals surface area contributed by atoms with Crippen LogP contribution in [-0.2, 0) is 31.0 Å². The number of aryl methyl sites for hydroxylation is 2. The van der Waals surface area contributed by atoms with E-state index in [0.717, 1.165) is 28.7 Å². The second kappa shape index (κ2) is 10.6. The Morgan fingerprint density at radius 2 is 1.91 bits per heavy atom. The molecule has 0 aliphatic carbocycles. The molecule has 1 aromatic carbocycles. The van der Waals surface area contributed by atoms with Gasteiger partial charge < -0.3 is 15.0 Å². The third kappa shape index (κ3) is 4.81. The molecule has 3 rings (SSSR count). The molecule has 0 bridgehead atoms. The summed E-state index contributed by atoms with van der Waals surface area (Å²) in [5.74, 6) is -0.132. The Morgan fingerprint density at radius 3 is 2.56 bits per heavy atom. The molecule has 0 unspecified atom stereocenters. The van der Waals surface area contributed by atoms with Gasteiger partial charge in [0.05, 0.1) is 0 Å². The lowest BCUT2D eigenvalue weighted by Gasteiger charge is -2.13. The second-order valence-corrected chi connectivity index (χ2v) is 8.35. The fraction of sp³-hybridized carbons (Fsp3) is 0.455. The lowest BCUT2D eigenvalue weighted by molar-refractivity contribution is -0.116. The van der Waals surface area contributed by atoms with Gasteiger partial charge in [0.15, 0.2) is 11.2 Å². The van der Waals surface area contributed by atoms with E-state index in [4.69, 9.17) is 0 Å².